The molecule has 0 radical (unpaired) electrons. The summed E-state index contributed by atoms with van der Waals surface area (Å²) in [5.74, 6) is 2.33. The number of rotatable bonds is 10. The van der Waals surface area contributed by atoms with Gasteiger partial charge in [-0.2, -0.15) is 0 Å². The first-order valence-corrected chi connectivity index (χ1v) is 12.5. The van der Waals surface area contributed by atoms with Gasteiger partial charge in [-0.15, -0.1) is 11.3 Å². The summed E-state index contributed by atoms with van der Waals surface area (Å²) >= 11 is 3.25. The van der Waals surface area contributed by atoms with Crippen LogP contribution in [-0.4, -0.2) is 42.2 Å². The molecule has 0 fully saturated rings. The number of ether oxygens (including phenoxy) is 3. The number of aromatic nitrogens is 2. The van der Waals surface area contributed by atoms with Crippen molar-refractivity contribution in [3.8, 4) is 11.5 Å². The highest BCUT2D eigenvalue weighted by molar-refractivity contribution is 7.99. The Kier molecular flexibility index (Phi) is 7.53. The van der Waals surface area contributed by atoms with Gasteiger partial charge >= 0.3 is 0 Å². The lowest BCUT2D eigenvalue weighted by atomic mass is 9.97. The normalized spacial score (nSPS) is 13.4. The maximum Gasteiger partial charge on any atom is 0.263 e. The van der Waals surface area contributed by atoms with Crippen molar-refractivity contribution in [1.82, 2.24) is 9.55 Å². The topological polar surface area (TPSA) is 62.6 Å². The maximum absolute atomic E-state index is 13.3. The number of aryl methyl sites for hydroxylation is 2. The van der Waals surface area contributed by atoms with E-state index in [0.717, 1.165) is 46.1 Å². The standard InChI is InChI=1S/C23H28N2O4S2/c1-3-28-16-8-10-17(11-9-16)29-14-15-30-23-24-21-20(22(26)25(23)12-13-27-2)18-6-4-5-7-19(18)31-21/h8-11H,3-7,12-15H2,1-2H3. The molecule has 0 bridgehead atoms. The van der Waals surface area contributed by atoms with Crippen LogP contribution in [0.2, 0.25) is 0 Å². The van der Waals surface area contributed by atoms with Gasteiger partial charge in [0.2, 0.25) is 0 Å². The lowest BCUT2D eigenvalue weighted by Gasteiger charge is -2.13. The van der Waals surface area contributed by atoms with Gasteiger partial charge in [0.1, 0.15) is 16.3 Å². The van der Waals surface area contributed by atoms with Crippen LogP contribution in [0.3, 0.4) is 0 Å². The quantitative estimate of drug-likeness (QED) is 0.251. The van der Waals surface area contributed by atoms with Crippen molar-refractivity contribution in [2.24, 2.45) is 0 Å². The molecule has 8 heteroatoms. The lowest BCUT2D eigenvalue weighted by molar-refractivity contribution is 0.183. The molecule has 31 heavy (non-hydrogen) atoms. The van der Waals surface area contributed by atoms with E-state index in [-0.39, 0.29) is 5.56 Å². The first kappa shape index (κ1) is 22.2. The number of fused-ring (bicyclic) bond motifs is 3. The molecule has 3 aromatic rings. The minimum atomic E-state index is 0.0661. The van der Waals surface area contributed by atoms with Gasteiger partial charge in [-0.3, -0.25) is 9.36 Å². The van der Waals surface area contributed by atoms with Gasteiger partial charge in [-0.05, 0) is 62.4 Å². The van der Waals surface area contributed by atoms with Gasteiger partial charge in [0.15, 0.2) is 5.16 Å². The van der Waals surface area contributed by atoms with E-state index >= 15 is 0 Å². The number of hydrogen-bond donors (Lipinski definition) is 0. The maximum atomic E-state index is 13.3. The number of hydrogen-bond acceptors (Lipinski definition) is 7. The molecule has 0 amide bonds. The van der Waals surface area contributed by atoms with Crippen molar-refractivity contribution < 1.29 is 14.2 Å². The summed E-state index contributed by atoms with van der Waals surface area (Å²) in [7, 11) is 1.65. The molecular formula is C23H28N2O4S2. The summed E-state index contributed by atoms with van der Waals surface area (Å²) in [5, 5.41) is 1.56. The molecule has 2 aromatic heterocycles. The summed E-state index contributed by atoms with van der Waals surface area (Å²) in [6.07, 6.45) is 4.39. The zero-order chi connectivity index (χ0) is 21.6. The Morgan fingerprint density at radius 1 is 1.10 bits per heavy atom. The van der Waals surface area contributed by atoms with E-state index < -0.39 is 0 Å². The minimum Gasteiger partial charge on any atom is -0.494 e. The summed E-state index contributed by atoms with van der Waals surface area (Å²) in [6, 6.07) is 7.63. The summed E-state index contributed by atoms with van der Waals surface area (Å²) in [5.41, 5.74) is 1.29. The van der Waals surface area contributed by atoms with Gasteiger partial charge in [0.05, 0.1) is 31.8 Å². The zero-order valence-electron chi connectivity index (χ0n) is 18.0. The molecule has 6 nitrogen and oxygen atoms in total. The van der Waals surface area contributed by atoms with Crippen LogP contribution in [-0.2, 0) is 24.1 Å². The molecule has 0 atom stereocenters. The molecular weight excluding hydrogens is 432 g/mol. The average molecular weight is 461 g/mol. The highest BCUT2D eigenvalue weighted by Gasteiger charge is 2.22. The van der Waals surface area contributed by atoms with Crippen molar-refractivity contribution in [3.05, 3.63) is 45.1 Å². The third-order valence-electron chi connectivity index (χ3n) is 5.28. The molecule has 0 aliphatic heterocycles. The highest BCUT2D eigenvalue weighted by atomic mass is 32.2. The third-order valence-corrected chi connectivity index (χ3v) is 7.40. The molecule has 0 unspecified atom stereocenters. The first-order valence-electron chi connectivity index (χ1n) is 10.7. The third kappa shape index (κ3) is 5.07. The van der Waals surface area contributed by atoms with Crippen LogP contribution in [0.1, 0.15) is 30.2 Å². The van der Waals surface area contributed by atoms with Crippen molar-refractivity contribution in [3.63, 3.8) is 0 Å². The second-order valence-corrected chi connectivity index (χ2v) is 9.48. The number of benzene rings is 1. The Labute approximate surface area is 190 Å². The van der Waals surface area contributed by atoms with Gasteiger partial charge in [0.25, 0.3) is 5.56 Å². The van der Waals surface area contributed by atoms with E-state index in [1.807, 2.05) is 31.2 Å². The molecule has 1 aromatic carbocycles. The van der Waals surface area contributed by atoms with E-state index in [2.05, 4.69) is 0 Å². The summed E-state index contributed by atoms with van der Waals surface area (Å²) in [4.78, 5) is 20.4. The van der Waals surface area contributed by atoms with Crippen molar-refractivity contribution in [1.29, 1.82) is 0 Å². The van der Waals surface area contributed by atoms with E-state index in [4.69, 9.17) is 19.2 Å². The molecule has 1 aliphatic carbocycles. The largest absolute Gasteiger partial charge is 0.494 e. The van der Waals surface area contributed by atoms with Gasteiger partial charge in [-0.25, -0.2) is 4.98 Å². The Morgan fingerprint density at radius 3 is 2.58 bits per heavy atom. The lowest BCUT2D eigenvalue weighted by Crippen LogP contribution is -2.25. The van der Waals surface area contributed by atoms with E-state index in [1.54, 1.807) is 34.8 Å². The van der Waals surface area contributed by atoms with Gasteiger partial charge in [-0.1, -0.05) is 11.8 Å². The predicted octanol–water partition coefficient (Wildman–Crippen LogP) is 4.55. The summed E-state index contributed by atoms with van der Waals surface area (Å²) in [6.45, 7) is 4.12. The van der Waals surface area contributed by atoms with Gasteiger partial charge in [0, 0.05) is 17.7 Å². The predicted molar refractivity (Wildman–Crippen MR) is 126 cm³/mol. The minimum absolute atomic E-state index is 0.0661. The van der Waals surface area contributed by atoms with Crippen LogP contribution in [0.5, 0.6) is 11.5 Å². The molecule has 0 spiro atoms. The fraction of sp³-hybridized carbons (Fsp3) is 0.478. The molecule has 4 rings (SSSR count). The highest BCUT2D eigenvalue weighted by Crippen LogP contribution is 2.34. The average Bonchev–Trinajstić information content (AvgIpc) is 3.16. The van der Waals surface area contributed by atoms with Crippen LogP contribution < -0.4 is 15.0 Å². The molecule has 0 saturated heterocycles. The fourth-order valence-electron chi connectivity index (χ4n) is 3.80. The second kappa shape index (κ2) is 10.5. The SMILES string of the molecule is CCOc1ccc(OCCSc2nc3sc4c(c3c(=O)n2CCOC)CCCC4)cc1. The van der Waals surface area contributed by atoms with Crippen LogP contribution in [0.4, 0.5) is 0 Å². The Hall–Kier alpha value is -2.03. The van der Waals surface area contributed by atoms with E-state index in [9.17, 15) is 4.79 Å². The van der Waals surface area contributed by atoms with E-state index in [1.165, 1.54) is 16.9 Å². The Bertz CT molecular complexity index is 1080. The number of nitrogens with zero attached hydrogens (tertiary/aromatic N) is 2. The van der Waals surface area contributed by atoms with Crippen molar-refractivity contribution in [2.45, 2.75) is 44.3 Å². The molecule has 0 saturated carbocycles. The Balaban J connectivity index is 1.48. The fourth-order valence-corrected chi connectivity index (χ4v) is 5.95. The zero-order valence-corrected chi connectivity index (χ0v) is 19.7. The number of thioether (sulfide) groups is 1. The van der Waals surface area contributed by atoms with Crippen molar-refractivity contribution in [2.75, 3.05) is 32.7 Å². The molecule has 0 N–H and O–H groups in total. The Morgan fingerprint density at radius 2 is 1.84 bits per heavy atom. The van der Waals surface area contributed by atoms with Gasteiger partial charge < -0.3 is 14.2 Å². The van der Waals surface area contributed by atoms with Crippen LogP contribution in [0, 0.1) is 0 Å². The first-order chi connectivity index (χ1) is 15.2. The number of methoxy groups -OCH3 is 1. The van der Waals surface area contributed by atoms with Crippen LogP contribution in [0.15, 0.2) is 34.2 Å². The number of thiophene rings is 1. The molecule has 1 aliphatic rings. The molecule has 2 heterocycles. The molecule has 166 valence electrons. The van der Waals surface area contributed by atoms with E-state index in [0.29, 0.717) is 32.1 Å². The summed E-state index contributed by atoms with van der Waals surface area (Å²) < 4.78 is 18.3. The van der Waals surface area contributed by atoms with Crippen LogP contribution >= 0.6 is 23.1 Å². The van der Waals surface area contributed by atoms with Crippen LogP contribution in [0.25, 0.3) is 10.2 Å². The second-order valence-electron chi connectivity index (χ2n) is 7.34. The monoisotopic (exact) mass is 460 g/mol. The van der Waals surface area contributed by atoms with Crippen molar-refractivity contribution >= 4 is 33.3 Å². The smallest absolute Gasteiger partial charge is 0.263 e.